The molecule has 0 saturated carbocycles. The van der Waals surface area contributed by atoms with E-state index in [2.05, 4.69) is 18.9 Å². The first kappa shape index (κ1) is 22.7. The zero-order valence-corrected chi connectivity index (χ0v) is 16.3. The van der Waals surface area contributed by atoms with Crippen molar-refractivity contribution in [2.24, 2.45) is 0 Å². The standard InChI is InChI=1S/C18H24N2O8/c1-25-15(21)9-19(10-16(22)26-2)13-7-5-6-8-14(13)20(11-17(23)27-3)12-18(24)28-4/h5-8H,9-12H2,1-4H3. The second-order valence-corrected chi connectivity index (χ2v) is 5.51. The highest BCUT2D eigenvalue weighted by molar-refractivity contribution is 5.88. The van der Waals surface area contributed by atoms with Gasteiger partial charge in [0.15, 0.2) is 0 Å². The van der Waals surface area contributed by atoms with E-state index >= 15 is 0 Å². The van der Waals surface area contributed by atoms with Crippen LogP contribution in [0.15, 0.2) is 24.3 Å². The average Bonchev–Trinajstić information content (AvgIpc) is 2.72. The number of hydrogen-bond acceptors (Lipinski definition) is 10. The Morgan fingerprint density at radius 1 is 0.607 bits per heavy atom. The number of nitrogens with zero attached hydrogens (tertiary/aromatic N) is 2. The number of esters is 4. The molecule has 1 aromatic rings. The van der Waals surface area contributed by atoms with Crippen molar-refractivity contribution in [1.82, 2.24) is 0 Å². The molecule has 0 amide bonds. The van der Waals surface area contributed by atoms with Crippen molar-refractivity contribution >= 4 is 35.3 Å². The van der Waals surface area contributed by atoms with Crippen LogP contribution < -0.4 is 9.80 Å². The molecule has 0 saturated heterocycles. The molecule has 0 aliphatic carbocycles. The maximum atomic E-state index is 11.8. The number of carbonyl (C=O) groups excluding carboxylic acids is 4. The van der Waals surface area contributed by atoms with E-state index in [4.69, 9.17) is 0 Å². The summed E-state index contributed by atoms with van der Waals surface area (Å²) in [5.74, 6) is -2.31. The lowest BCUT2D eigenvalue weighted by Crippen LogP contribution is -2.39. The van der Waals surface area contributed by atoms with Gasteiger partial charge in [0.05, 0.1) is 39.8 Å². The predicted molar refractivity (Wildman–Crippen MR) is 98.9 cm³/mol. The molecule has 0 unspecified atom stereocenters. The van der Waals surface area contributed by atoms with E-state index in [1.54, 1.807) is 24.3 Å². The molecule has 0 aliphatic heterocycles. The van der Waals surface area contributed by atoms with Crippen LogP contribution in [0.3, 0.4) is 0 Å². The summed E-state index contributed by atoms with van der Waals surface area (Å²) < 4.78 is 18.7. The van der Waals surface area contributed by atoms with Gasteiger partial charge in [-0.1, -0.05) is 12.1 Å². The molecule has 0 aliphatic rings. The van der Waals surface area contributed by atoms with Crippen molar-refractivity contribution < 1.29 is 38.1 Å². The molecule has 0 atom stereocenters. The number of benzene rings is 1. The number of para-hydroxylation sites is 2. The normalized spacial score (nSPS) is 9.86. The van der Waals surface area contributed by atoms with Crippen molar-refractivity contribution in [3.8, 4) is 0 Å². The van der Waals surface area contributed by atoms with Crippen LogP contribution in [0.5, 0.6) is 0 Å². The Morgan fingerprint density at radius 3 is 1.07 bits per heavy atom. The molecule has 0 N–H and O–H groups in total. The molecular weight excluding hydrogens is 372 g/mol. The van der Waals surface area contributed by atoms with Gasteiger partial charge in [-0.25, -0.2) is 0 Å². The van der Waals surface area contributed by atoms with Gasteiger partial charge in [0, 0.05) is 0 Å². The fraction of sp³-hybridized carbons (Fsp3) is 0.444. The van der Waals surface area contributed by atoms with Gasteiger partial charge in [-0.15, -0.1) is 0 Å². The Labute approximate surface area is 162 Å². The molecule has 0 fully saturated rings. The highest BCUT2D eigenvalue weighted by Crippen LogP contribution is 2.29. The summed E-state index contributed by atoms with van der Waals surface area (Å²) in [4.78, 5) is 50.1. The van der Waals surface area contributed by atoms with Crippen LogP contribution >= 0.6 is 0 Å². The molecule has 10 nitrogen and oxygen atoms in total. The molecule has 28 heavy (non-hydrogen) atoms. The molecular formula is C18H24N2O8. The van der Waals surface area contributed by atoms with E-state index in [1.165, 1.54) is 38.2 Å². The lowest BCUT2D eigenvalue weighted by atomic mass is 10.2. The van der Waals surface area contributed by atoms with E-state index in [0.29, 0.717) is 11.4 Å². The van der Waals surface area contributed by atoms with Crippen LogP contribution in [0.4, 0.5) is 11.4 Å². The monoisotopic (exact) mass is 396 g/mol. The SMILES string of the molecule is COC(=O)CN(CC(=O)OC)c1ccccc1N(CC(=O)OC)CC(=O)OC. The number of methoxy groups -OCH3 is 4. The molecule has 10 heteroatoms. The van der Waals surface area contributed by atoms with E-state index in [0.717, 1.165) is 0 Å². The number of hydrogen-bond donors (Lipinski definition) is 0. The summed E-state index contributed by atoms with van der Waals surface area (Å²) >= 11 is 0. The van der Waals surface area contributed by atoms with Crippen LogP contribution in [0.1, 0.15) is 0 Å². The summed E-state index contributed by atoms with van der Waals surface area (Å²) in [6.07, 6.45) is 0. The second kappa shape index (κ2) is 11.4. The van der Waals surface area contributed by atoms with Crippen LogP contribution in [-0.2, 0) is 38.1 Å². The number of carbonyl (C=O) groups is 4. The third-order valence-electron chi connectivity index (χ3n) is 3.75. The topological polar surface area (TPSA) is 112 Å². The van der Waals surface area contributed by atoms with Crippen molar-refractivity contribution in [3.63, 3.8) is 0 Å². The Balaban J connectivity index is 3.35. The summed E-state index contributed by atoms with van der Waals surface area (Å²) in [7, 11) is 4.91. The Hall–Kier alpha value is -3.30. The largest absolute Gasteiger partial charge is 0.468 e. The zero-order valence-electron chi connectivity index (χ0n) is 16.3. The molecule has 0 aromatic heterocycles. The first-order valence-electron chi connectivity index (χ1n) is 8.22. The van der Waals surface area contributed by atoms with Crippen LogP contribution in [0.25, 0.3) is 0 Å². The summed E-state index contributed by atoms with van der Waals surface area (Å²) in [6.45, 7) is -0.973. The van der Waals surface area contributed by atoms with Gasteiger partial charge in [-0.3, -0.25) is 19.2 Å². The maximum absolute atomic E-state index is 11.8. The first-order chi connectivity index (χ1) is 13.4. The minimum atomic E-state index is -0.578. The van der Waals surface area contributed by atoms with Gasteiger partial charge in [0.1, 0.15) is 26.2 Å². The number of rotatable bonds is 10. The third kappa shape index (κ3) is 6.78. The highest BCUT2D eigenvalue weighted by Gasteiger charge is 2.24. The van der Waals surface area contributed by atoms with Gasteiger partial charge >= 0.3 is 23.9 Å². The predicted octanol–water partition coefficient (Wildman–Crippen LogP) is -0.00860. The maximum Gasteiger partial charge on any atom is 0.325 e. The minimum absolute atomic E-state index is 0.243. The molecule has 0 radical (unpaired) electrons. The van der Waals surface area contributed by atoms with Gasteiger partial charge in [0.25, 0.3) is 0 Å². The fourth-order valence-electron chi connectivity index (χ4n) is 2.33. The quantitative estimate of drug-likeness (QED) is 0.395. The summed E-state index contributed by atoms with van der Waals surface area (Å²) in [6, 6.07) is 6.66. The van der Waals surface area contributed by atoms with Gasteiger partial charge in [0.2, 0.25) is 0 Å². The van der Waals surface area contributed by atoms with Gasteiger partial charge in [-0.05, 0) is 12.1 Å². The second-order valence-electron chi connectivity index (χ2n) is 5.51. The van der Waals surface area contributed by atoms with Crippen LogP contribution in [0, 0.1) is 0 Å². The zero-order chi connectivity index (χ0) is 21.1. The Morgan fingerprint density at radius 2 is 0.857 bits per heavy atom. The molecule has 0 bridgehead atoms. The molecule has 1 aromatic carbocycles. The highest BCUT2D eigenvalue weighted by atomic mass is 16.5. The number of anilines is 2. The van der Waals surface area contributed by atoms with Gasteiger partial charge < -0.3 is 28.7 Å². The third-order valence-corrected chi connectivity index (χ3v) is 3.75. The van der Waals surface area contributed by atoms with E-state index in [1.807, 2.05) is 0 Å². The average molecular weight is 396 g/mol. The minimum Gasteiger partial charge on any atom is -0.468 e. The smallest absolute Gasteiger partial charge is 0.325 e. The molecule has 0 heterocycles. The van der Waals surface area contributed by atoms with Crippen LogP contribution in [0.2, 0.25) is 0 Å². The summed E-state index contributed by atoms with van der Waals surface area (Å²) in [5.41, 5.74) is 0.845. The van der Waals surface area contributed by atoms with Crippen molar-refractivity contribution in [2.75, 3.05) is 64.4 Å². The number of ether oxygens (including phenoxy) is 4. The molecule has 0 spiro atoms. The molecule has 154 valence electrons. The fourth-order valence-corrected chi connectivity index (χ4v) is 2.33. The van der Waals surface area contributed by atoms with Crippen molar-refractivity contribution in [1.29, 1.82) is 0 Å². The van der Waals surface area contributed by atoms with Crippen molar-refractivity contribution in [2.45, 2.75) is 0 Å². The lowest BCUT2D eigenvalue weighted by Gasteiger charge is -2.30. The Bertz CT molecular complexity index is 612. The van der Waals surface area contributed by atoms with E-state index in [-0.39, 0.29) is 26.2 Å². The van der Waals surface area contributed by atoms with E-state index in [9.17, 15) is 19.2 Å². The van der Waals surface area contributed by atoms with Gasteiger partial charge in [-0.2, -0.15) is 0 Å². The first-order valence-corrected chi connectivity index (χ1v) is 8.22. The molecule has 1 rings (SSSR count). The summed E-state index contributed by atoms with van der Waals surface area (Å²) in [5, 5.41) is 0. The van der Waals surface area contributed by atoms with Crippen LogP contribution in [-0.4, -0.2) is 78.5 Å². The van der Waals surface area contributed by atoms with E-state index < -0.39 is 23.9 Å². The lowest BCUT2D eigenvalue weighted by molar-refractivity contribution is -0.142. The van der Waals surface area contributed by atoms with Crippen molar-refractivity contribution in [3.05, 3.63) is 24.3 Å². The Kier molecular flexibility index (Phi) is 9.28.